The second-order valence-electron chi connectivity index (χ2n) is 4.92. The van der Waals surface area contributed by atoms with Gasteiger partial charge in [-0.25, -0.2) is 0 Å². The van der Waals surface area contributed by atoms with Gasteiger partial charge in [-0.1, -0.05) is 13.3 Å². The van der Waals surface area contributed by atoms with E-state index >= 15 is 0 Å². The third-order valence-corrected chi connectivity index (χ3v) is 4.20. The predicted octanol–water partition coefficient (Wildman–Crippen LogP) is 2.59. The fourth-order valence-corrected chi connectivity index (χ4v) is 2.89. The van der Waals surface area contributed by atoms with Crippen LogP contribution in [0.15, 0.2) is 0 Å². The van der Waals surface area contributed by atoms with Gasteiger partial charge in [-0.2, -0.15) is 11.8 Å². The first-order chi connectivity index (χ1) is 7.77. The van der Waals surface area contributed by atoms with E-state index in [0.717, 1.165) is 12.1 Å². The van der Waals surface area contributed by atoms with Crippen molar-refractivity contribution >= 4 is 11.8 Å². The lowest BCUT2D eigenvalue weighted by atomic mass is 10.1. The minimum absolute atomic E-state index is 0.726. The van der Waals surface area contributed by atoms with Gasteiger partial charge in [0.15, 0.2) is 0 Å². The standard InChI is InChI=1S/C13H28N2S/c1-4-6-13-11-15(9-5-10-16-3)12(2)7-8-14-13/h12-14H,4-11H2,1-3H3. The van der Waals surface area contributed by atoms with Gasteiger partial charge in [-0.05, 0) is 51.3 Å². The van der Waals surface area contributed by atoms with Crippen molar-refractivity contribution in [1.82, 2.24) is 10.2 Å². The number of nitrogens with zero attached hydrogens (tertiary/aromatic N) is 1. The van der Waals surface area contributed by atoms with Crippen LogP contribution < -0.4 is 5.32 Å². The van der Waals surface area contributed by atoms with E-state index in [1.54, 1.807) is 0 Å². The van der Waals surface area contributed by atoms with E-state index in [0.29, 0.717) is 0 Å². The highest BCUT2D eigenvalue weighted by atomic mass is 32.2. The van der Waals surface area contributed by atoms with E-state index in [1.165, 1.54) is 51.1 Å². The molecule has 1 rings (SSSR count). The van der Waals surface area contributed by atoms with Crippen LogP contribution in [0.3, 0.4) is 0 Å². The summed E-state index contributed by atoms with van der Waals surface area (Å²) in [7, 11) is 0. The fraction of sp³-hybridized carbons (Fsp3) is 1.00. The molecule has 0 spiro atoms. The molecule has 1 fully saturated rings. The summed E-state index contributed by atoms with van der Waals surface area (Å²) in [6, 6.07) is 1.49. The Morgan fingerprint density at radius 1 is 1.44 bits per heavy atom. The maximum absolute atomic E-state index is 3.69. The van der Waals surface area contributed by atoms with Gasteiger partial charge < -0.3 is 5.32 Å². The van der Waals surface area contributed by atoms with E-state index in [1.807, 2.05) is 11.8 Å². The van der Waals surface area contributed by atoms with E-state index in [-0.39, 0.29) is 0 Å². The molecule has 2 unspecified atom stereocenters. The molecule has 1 N–H and O–H groups in total. The molecule has 0 saturated carbocycles. The lowest BCUT2D eigenvalue weighted by Gasteiger charge is -2.28. The molecule has 1 heterocycles. The van der Waals surface area contributed by atoms with Gasteiger partial charge in [0.25, 0.3) is 0 Å². The summed E-state index contributed by atoms with van der Waals surface area (Å²) >= 11 is 1.97. The maximum atomic E-state index is 3.69. The van der Waals surface area contributed by atoms with Crippen molar-refractivity contribution in [3.63, 3.8) is 0 Å². The van der Waals surface area contributed by atoms with Crippen LogP contribution in [0.4, 0.5) is 0 Å². The van der Waals surface area contributed by atoms with Crippen molar-refractivity contribution in [3.05, 3.63) is 0 Å². The molecule has 0 bridgehead atoms. The van der Waals surface area contributed by atoms with Crippen LogP contribution in [0.2, 0.25) is 0 Å². The molecular weight excluding hydrogens is 216 g/mol. The second kappa shape index (κ2) is 8.37. The Morgan fingerprint density at radius 3 is 2.94 bits per heavy atom. The molecule has 0 aromatic heterocycles. The first-order valence-corrected chi connectivity index (χ1v) is 8.13. The predicted molar refractivity (Wildman–Crippen MR) is 75.3 cm³/mol. The van der Waals surface area contributed by atoms with E-state index in [4.69, 9.17) is 0 Å². The number of rotatable bonds is 6. The average molecular weight is 244 g/mol. The summed E-state index contributed by atoms with van der Waals surface area (Å²) in [5, 5.41) is 3.69. The quantitative estimate of drug-likeness (QED) is 0.723. The van der Waals surface area contributed by atoms with Crippen molar-refractivity contribution in [1.29, 1.82) is 0 Å². The van der Waals surface area contributed by atoms with Crippen molar-refractivity contribution < 1.29 is 0 Å². The van der Waals surface area contributed by atoms with Crippen LogP contribution in [0, 0.1) is 0 Å². The molecule has 1 aliphatic heterocycles. The van der Waals surface area contributed by atoms with Crippen molar-refractivity contribution in [3.8, 4) is 0 Å². The molecule has 0 aromatic carbocycles. The monoisotopic (exact) mass is 244 g/mol. The summed E-state index contributed by atoms with van der Waals surface area (Å²) in [4.78, 5) is 2.69. The molecule has 1 aliphatic rings. The van der Waals surface area contributed by atoms with E-state index in [9.17, 15) is 0 Å². The summed E-state index contributed by atoms with van der Waals surface area (Å²) in [5.41, 5.74) is 0. The smallest absolute Gasteiger partial charge is 0.0195 e. The highest BCUT2D eigenvalue weighted by Crippen LogP contribution is 2.12. The molecule has 16 heavy (non-hydrogen) atoms. The van der Waals surface area contributed by atoms with Gasteiger partial charge in [0.05, 0.1) is 0 Å². The molecule has 0 aromatic rings. The zero-order valence-corrected chi connectivity index (χ0v) is 12.0. The van der Waals surface area contributed by atoms with Crippen LogP contribution >= 0.6 is 11.8 Å². The van der Waals surface area contributed by atoms with Crippen molar-refractivity contribution in [2.24, 2.45) is 0 Å². The van der Waals surface area contributed by atoms with Crippen molar-refractivity contribution in [2.45, 2.75) is 51.6 Å². The Kier molecular flexibility index (Phi) is 7.50. The highest BCUT2D eigenvalue weighted by molar-refractivity contribution is 7.98. The lowest BCUT2D eigenvalue weighted by Crippen LogP contribution is -2.40. The molecule has 3 heteroatoms. The molecule has 0 aliphatic carbocycles. The van der Waals surface area contributed by atoms with Gasteiger partial charge in [0, 0.05) is 18.6 Å². The molecule has 0 radical (unpaired) electrons. The second-order valence-corrected chi connectivity index (χ2v) is 5.90. The van der Waals surface area contributed by atoms with Gasteiger partial charge in [-0.3, -0.25) is 4.90 Å². The Morgan fingerprint density at radius 2 is 2.25 bits per heavy atom. The van der Waals surface area contributed by atoms with Crippen LogP contribution in [0.25, 0.3) is 0 Å². The molecule has 2 atom stereocenters. The maximum Gasteiger partial charge on any atom is 0.0195 e. The van der Waals surface area contributed by atoms with Crippen molar-refractivity contribution in [2.75, 3.05) is 31.6 Å². The topological polar surface area (TPSA) is 15.3 Å². The number of nitrogens with one attached hydrogen (secondary N) is 1. The Balaban J connectivity index is 2.36. The van der Waals surface area contributed by atoms with Gasteiger partial charge in [0.1, 0.15) is 0 Å². The summed E-state index contributed by atoms with van der Waals surface area (Å²) in [6.45, 7) is 8.40. The zero-order chi connectivity index (χ0) is 11.8. The first-order valence-electron chi connectivity index (χ1n) is 6.74. The highest BCUT2D eigenvalue weighted by Gasteiger charge is 2.21. The summed E-state index contributed by atoms with van der Waals surface area (Å²) in [5.74, 6) is 1.30. The summed E-state index contributed by atoms with van der Waals surface area (Å²) in [6.07, 6.45) is 7.47. The van der Waals surface area contributed by atoms with Gasteiger partial charge in [0.2, 0.25) is 0 Å². The van der Waals surface area contributed by atoms with E-state index in [2.05, 4.69) is 30.3 Å². The molecule has 1 saturated heterocycles. The zero-order valence-electron chi connectivity index (χ0n) is 11.2. The summed E-state index contributed by atoms with van der Waals surface area (Å²) < 4.78 is 0. The average Bonchev–Trinajstić information content (AvgIpc) is 2.43. The minimum Gasteiger partial charge on any atom is -0.313 e. The normalized spacial score (nSPS) is 27.9. The number of hydrogen-bond donors (Lipinski definition) is 1. The largest absolute Gasteiger partial charge is 0.313 e. The fourth-order valence-electron chi connectivity index (χ4n) is 2.47. The Bertz CT molecular complexity index is 175. The Hall–Kier alpha value is 0.270. The molecular formula is C13H28N2S. The van der Waals surface area contributed by atoms with Crippen LogP contribution in [0.1, 0.15) is 39.5 Å². The SMILES string of the molecule is CCCC1CN(CCCSC)C(C)CCN1. The third kappa shape index (κ3) is 5.07. The Labute approximate surface area is 106 Å². The van der Waals surface area contributed by atoms with Gasteiger partial charge >= 0.3 is 0 Å². The van der Waals surface area contributed by atoms with Crippen LogP contribution in [0.5, 0.6) is 0 Å². The van der Waals surface area contributed by atoms with E-state index < -0.39 is 0 Å². The molecule has 96 valence electrons. The third-order valence-electron chi connectivity index (χ3n) is 3.50. The molecule has 2 nitrogen and oxygen atoms in total. The lowest BCUT2D eigenvalue weighted by molar-refractivity contribution is 0.203. The minimum atomic E-state index is 0.726. The molecule has 0 amide bonds. The first kappa shape index (κ1) is 14.3. The van der Waals surface area contributed by atoms with Crippen LogP contribution in [-0.4, -0.2) is 48.6 Å². The number of hydrogen-bond acceptors (Lipinski definition) is 3. The van der Waals surface area contributed by atoms with Gasteiger partial charge in [-0.15, -0.1) is 0 Å². The van der Waals surface area contributed by atoms with Crippen LogP contribution in [-0.2, 0) is 0 Å². The number of thioether (sulfide) groups is 1.